The molecule has 0 aliphatic carbocycles. The van der Waals surface area contributed by atoms with E-state index in [-0.39, 0.29) is 31.3 Å². The van der Waals surface area contributed by atoms with Crippen LogP contribution in [-0.2, 0) is 16.1 Å². The molecule has 1 saturated heterocycles. The van der Waals surface area contributed by atoms with Gasteiger partial charge in [-0.05, 0) is 24.5 Å². The van der Waals surface area contributed by atoms with Crippen LogP contribution in [0, 0.1) is 11.3 Å². The smallest absolute Gasteiger partial charge is 0.328 e. The molecule has 1 aliphatic heterocycles. The number of H-pyrrole nitrogens is 1. The molecule has 1 aromatic heterocycles. The molecule has 27 heavy (non-hydrogen) atoms. The number of carboxylic acids is 1. The molecule has 8 nitrogen and oxygen atoms in total. The van der Waals surface area contributed by atoms with Crippen molar-refractivity contribution < 1.29 is 14.7 Å². The lowest BCUT2D eigenvalue weighted by atomic mass is 9.76. The van der Waals surface area contributed by atoms with Gasteiger partial charge in [0, 0.05) is 26.1 Å². The van der Waals surface area contributed by atoms with Crippen LogP contribution in [0.1, 0.15) is 26.7 Å². The molecule has 0 bridgehead atoms. The van der Waals surface area contributed by atoms with Crippen molar-refractivity contribution in [3.8, 4) is 0 Å². The molecule has 0 saturated carbocycles. The molecule has 0 spiro atoms. The van der Waals surface area contributed by atoms with E-state index in [4.69, 9.17) is 0 Å². The average molecular weight is 373 g/mol. The molecule has 8 heteroatoms. The van der Waals surface area contributed by atoms with E-state index in [0.717, 1.165) is 0 Å². The highest BCUT2D eigenvalue weighted by atomic mass is 16.4. The number of aliphatic carboxylic acids is 1. The first-order valence-electron chi connectivity index (χ1n) is 8.99. The Balaban J connectivity index is 1.78. The highest BCUT2D eigenvalue weighted by molar-refractivity contribution is 5.81. The van der Waals surface area contributed by atoms with Crippen LogP contribution >= 0.6 is 0 Å². The molecular formula is C19H23N3O5. The molecule has 1 unspecified atom stereocenters. The first kappa shape index (κ1) is 18.9. The Morgan fingerprint density at radius 1 is 1.26 bits per heavy atom. The highest BCUT2D eigenvalue weighted by Crippen LogP contribution is 2.38. The number of aryl methyl sites for hydroxylation is 1. The van der Waals surface area contributed by atoms with Gasteiger partial charge in [-0.3, -0.25) is 23.9 Å². The van der Waals surface area contributed by atoms with Crippen molar-refractivity contribution in [2.24, 2.45) is 11.3 Å². The normalized spacial score (nSPS) is 19.7. The van der Waals surface area contributed by atoms with Crippen LogP contribution in [0.25, 0.3) is 10.9 Å². The lowest BCUT2D eigenvalue weighted by Crippen LogP contribution is -2.41. The number of hydrogen-bond donors (Lipinski definition) is 2. The summed E-state index contributed by atoms with van der Waals surface area (Å²) in [5, 5.41) is 9.99. The molecular weight excluding hydrogens is 350 g/mol. The maximum atomic E-state index is 12.6. The van der Waals surface area contributed by atoms with Crippen molar-refractivity contribution in [1.82, 2.24) is 14.5 Å². The molecule has 2 N–H and O–H groups in total. The van der Waals surface area contributed by atoms with Crippen molar-refractivity contribution in [3.63, 3.8) is 0 Å². The van der Waals surface area contributed by atoms with Crippen molar-refractivity contribution in [1.29, 1.82) is 0 Å². The molecule has 1 amide bonds. The molecule has 3 rings (SSSR count). The summed E-state index contributed by atoms with van der Waals surface area (Å²) >= 11 is 0. The standard InChI is InChI=1S/C19H23N3O5/c1-12(2)19(17(25)26)8-10-21(11-19)15(23)7-9-22-14-6-4-3-5-13(14)16(24)20-18(22)27/h3-6,12H,7-11H2,1-2H3,(H,25,26)(H,20,24,27). The average Bonchev–Trinajstić information content (AvgIpc) is 3.08. The molecule has 0 radical (unpaired) electrons. The summed E-state index contributed by atoms with van der Waals surface area (Å²) in [4.78, 5) is 52.2. The Morgan fingerprint density at radius 3 is 2.59 bits per heavy atom. The number of carbonyl (C=O) groups excluding carboxylic acids is 1. The van der Waals surface area contributed by atoms with E-state index in [1.54, 1.807) is 29.2 Å². The Morgan fingerprint density at radius 2 is 1.96 bits per heavy atom. The van der Waals surface area contributed by atoms with Gasteiger partial charge >= 0.3 is 11.7 Å². The Kier molecular flexibility index (Phi) is 4.91. The van der Waals surface area contributed by atoms with Crippen LogP contribution in [0.5, 0.6) is 0 Å². The van der Waals surface area contributed by atoms with E-state index in [1.165, 1.54) is 4.57 Å². The zero-order valence-corrected chi connectivity index (χ0v) is 15.4. The van der Waals surface area contributed by atoms with Gasteiger partial charge in [-0.25, -0.2) is 4.79 Å². The molecule has 1 atom stereocenters. The Labute approximate surface area is 155 Å². The number of aromatic nitrogens is 2. The number of carboxylic acid groups (broad SMARTS) is 1. The number of amides is 1. The predicted molar refractivity (Wildman–Crippen MR) is 99.5 cm³/mol. The first-order chi connectivity index (χ1) is 12.8. The van der Waals surface area contributed by atoms with Gasteiger partial charge in [0.1, 0.15) is 0 Å². The van der Waals surface area contributed by atoms with Gasteiger partial charge in [0.05, 0.1) is 16.3 Å². The number of aromatic amines is 1. The number of likely N-dealkylation sites (tertiary alicyclic amines) is 1. The van der Waals surface area contributed by atoms with Crippen LogP contribution in [-0.4, -0.2) is 44.5 Å². The topological polar surface area (TPSA) is 112 Å². The summed E-state index contributed by atoms with van der Waals surface area (Å²) in [7, 11) is 0. The van der Waals surface area contributed by atoms with Gasteiger partial charge < -0.3 is 10.0 Å². The third-order valence-corrected chi connectivity index (χ3v) is 5.64. The maximum absolute atomic E-state index is 12.6. The van der Waals surface area contributed by atoms with E-state index < -0.39 is 22.6 Å². The number of nitrogens with one attached hydrogen (secondary N) is 1. The molecule has 1 aromatic carbocycles. The summed E-state index contributed by atoms with van der Waals surface area (Å²) < 4.78 is 1.37. The van der Waals surface area contributed by atoms with Crippen molar-refractivity contribution in [3.05, 3.63) is 45.1 Å². The van der Waals surface area contributed by atoms with Crippen LogP contribution in [0.4, 0.5) is 0 Å². The van der Waals surface area contributed by atoms with Gasteiger partial charge in [-0.15, -0.1) is 0 Å². The van der Waals surface area contributed by atoms with Crippen LogP contribution in [0.15, 0.2) is 33.9 Å². The predicted octanol–water partition coefficient (Wildman–Crippen LogP) is 1.04. The lowest BCUT2D eigenvalue weighted by Gasteiger charge is -2.28. The zero-order valence-electron chi connectivity index (χ0n) is 15.4. The highest BCUT2D eigenvalue weighted by Gasteiger charge is 2.48. The Bertz CT molecular complexity index is 1010. The number of rotatable bonds is 5. The minimum Gasteiger partial charge on any atom is -0.481 e. The fourth-order valence-corrected chi connectivity index (χ4v) is 3.77. The lowest BCUT2D eigenvalue weighted by molar-refractivity contribution is -0.151. The van der Waals surface area contributed by atoms with Gasteiger partial charge in [-0.1, -0.05) is 26.0 Å². The molecule has 1 aliphatic rings. The van der Waals surface area contributed by atoms with E-state index in [9.17, 15) is 24.3 Å². The first-order valence-corrected chi connectivity index (χ1v) is 8.99. The Hall–Kier alpha value is -2.90. The molecule has 144 valence electrons. The van der Waals surface area contributed by atoms with Gasteiger partial charge in [0.15, 0.2) is 0 Å². The fraction of sp³-hybridized carbons (Fsp3) is 0.474. The quantitative estimate of drug-likeness (QED) is 0.813. The van der Waals surface area contributed by atoms with Crippen LogP contribution < -0.4 is 11.2 Å². The molecule has 1 fully saturated rings. The van der Waals surface area contributed by atoms with Gasteiger partial charge in [0.25, 0.3) is 5.56 Å². The number of para-hydroxylation sites is 1. The third kappa shape index (κ3) is 3.27. The third-order valence-electron chi connectivity index (χ3n) is 5.64. The fourth-order valence-electron chi connectivity index (χ4n) is 3.77. The van der Waals surface area contributed by atoms with Crippen LogP contribution in [0.3, 0.4) is 0 Å². The minimum atomic E-state index is -0.919. The second-order valence-corrected chi connectivity index (χ2v) is 7.36. The molecule has 2 heterocycles. The number of carbonyl (C=O) groups is 2. The zero-order chi connectivity index (χ0) is 19.8. The largest absolute Gasteiger partial charge is 0.481 e. The van der Waals surface area contributed by atoms with Crippen LogP contribution in [0.2, 0.25) is 0 Å². The number of hydrogen-bond acceptors (Lipinski definition) is 4. The summed E-state index contributed by atoms with van der Waals surface area (Å²) in [6.07, 6.45) is 0.483. The number of benzene rings is 1. The van der Waals surface area contributed by atoms with Gasteiger partial charge in [-0.2, -0.15) is 0 Å². The van der Waals surface area contributed by atoms with E-state index in [0.29, 0.717) is 23.9 Å². The van der Waals surface area contributed by atoms with E-state index in [1.807, 2.05) is 13.8 Å². The monoisotopic (exact) mass is 373 g/mol. The van der Waals surface area contributed by atoms with Crippen molar-refractivity contribution in [2.75, 3.05) is 13.1 Å². The number of fused-ring (bicyclic) bond motifs is 1. The van der Waals surface area contributed by atoms with Gasteiger partial charge in [0.2, 0.25) is 5.91 Å². The summed E-state index contributed by atoms with van der Waals surface area (Å²) in [6, 6.07) is 6.72. The van der Waals surface area contributed by atoms with E-state index >= 15 is 0 Å². The molecule has 2 aromatic rings. The number of nitrogens with zero attached hydrogens (tertiary/aromatic N) is 2. The van der Waals surface area contributed by atoms with Crippen molar-refractivity contribution >= 4 is 22.8 Å². The SMILES string of the molecule is CC(C)C1(C(=O)O)CCN(C(=O)CCn2c(=O)[nH]c(=O)c3ccccc32)C1. The second-order valence-electron chi connectivity index (χ2n) is 7.36. The second kappa shape index (κ2) is 7.02. The van der Waals surface area contributed by atoms with E-state index in [2.05, 4.69) is 4.98 Å². The van der Waals surface area contributed by atoms with Crippen molar-refractivity contribution in [2.45, 2.75) is 33.2 Å². The summed E-state index contributed by atoms with van der Waals surface area (Å²) in [6.45, 7) is 4.40. The maximum Gasteiger partial charge on any atom is 0.328 e. The summed E-state index contributed by atoms with van der Waals surface area (Å²) in [5.41, 5.74) is -1.46. The summed E-state index contributed by atoms with van der Waals surface area (Å²) in [5.74, 6) is -1.16. The minimum absolute atomic E-state index is 0.0593.